The van der Waals surface area contributed by atoms with Gasteiger partial charge in [0.15, 0.2) is 5.16 Å². The number of fused-ring (bicyclic) bond motifs is 1. The lowest BCUT2D eigenvalue weighted by atomic mass is 10.1. The number of rotatable bonds is 8. The molecule has 0 saturated heterocycles. The molecule has 1 N–H and O–H groups in total. The van der Waals surface area contributed by atoms with Crippen molar-refractivity contribution in [3.8, 4) is 0 Å². The molecule has 0 fully saturated rings. The number of H-pyrrole nitrogens is 1. The van der Waals surface area contributed by atoms with Crippen molar-refractivity contribution in [3.05, 3.63) is 91.7 Å². The molecule has 0 atom stereocenters. The van der Waals surface area contributed by atoms with Crippen LogP contribution in [-0.4, -0.2) is 24.7 Å². The van der Waals surface area contributed by atoms with E-state index >= 15 is 0 Å². The van der Waals surface area contributed by atoms with Crippen LogP contribution in [0.5, 0.6) is 0 Å². The number of hydrogen-bond acceptors (Lipinski definition) is 7. The molecule has 0 spiro atoms. The van der Waals surface area contributed by atoms with Gasteiger partial charge in [0.1, 0.15) is 16.3 Å². The Morgan fingerprint density at radius 3 is 2.74 bits per heavy atom. The van der Waals surface area contributed by atoms with Gasteiger partial charge in [-0.2, -0.15) is 0 Å². The summed E-state index contributed by atoms with van der Waals surface area (Å²) in [5.74, 6) is 2.14. The molecule has 4 heterocycles. The minimum Gasteiger partial charge on any atom is -0.309 e. The fourth-order valence-corrected chi connectivity index (χ4v) is 5.64. The minimum absolute atomic E-state index is 0.0838. The monoisotopic (exact) mass is 465 g/mol. The van der Waals surface area contributed by atoms with Gasteiger partial charge in [-0.1, -0.05) is 48.2 Å². The van der Waals surface area contributed by atoms with Crippen LogP contribution in [0.2, 0.25) is 0 Å². The highest BCUT2D eigenvalue weighted by Gasteiger charge is 2.15. The van der Waals surface area contributed by atoms with Crippen molar-refractivity contribution in [1.82, 2.24) is 24.7 Å². The third-order valence-electron chi connectivity index (χ3n) is 4.87. The van der Waals surface area contributed by atoms with Crippen LogP contribution in [0.3, 0.4) is 0 Å². The molecule has 0 unspecified atom stereocenters. The van der Waals surface area contributed by atoms with Crippen molar-refractivity contribution in [3.63, 3.8) is 0 Å². The molecule has 6 nitrogen and oxygen atoms in total. The van der Waals surface area contributed by atoms with E-state index < -0.39 is 0 Å². The molecule has 156 valence electrons. The fraction of sp³-hybridized carbons (Fsp3) is 0.182. The summed E-state index contributed by atoms with van der Waals surface area (Å²) in [4.78, 5) is 21.0. The van der Waals surface area contributed by atoms with E-state index in [1.54, 1.807) is 23.1 Å². The number of nitrogens with one attached hydrogen (secondary N) is 1. The summed E-state index contributed by atoms with van der Waals surface area (Å²) >= 11 is 4.69. The molecule has 0 saturated carbocycles. The summed E-state index contributed by atoms with van der Waals surface area (Å²) in [7, 11) is 0. The van der Waals surface area contributed by atoms with E-state index in [1.807, 2.05) is 17.5 Å². The van der Waals surface area contributed by atoms with Crippen LogP contribution in [-0.2, 0) is 25.1 Å². The second-order valence-electron chi connectivity index (χ2n) is 6.98. The summed E-state index contributed by atoms with van der Waals surface area (Å²) in [5.41, 5.74) is 1.94. The molecular weight excluding hydrogens is 446 g/mol. The van der Waals surface area contributed by atoms with E-state index in [0.717, 1.165) is 35.9 Å². The smallest absolute Gasteiger partial charge is 0.268 e. The Morgan fingerprint density at radius 1 is 1.00 bits per heavy atom. The predicted octanol–water partition coefficient (Wildman–Crippen LogP) is 4.76. The number of thiophene rings is 2. The third kappa shape index (κ3) is 4.63. The highest BCUT2D eigenvalue weighted by molar-refractivity contribution is 7.98. The van der Waals surface area contributed by atoms with Crippen molar-refractivity contribution < 1.29 is 0 Å². The van der Waals surface area contributed by atoms with Gasteiger partial charge in [0, 0.05) is 17.8 Å². The Labute approximate surface area is 191 Å². The molecule has 31 heavy (non-hydrogen) atoms. The highest BCUT2D eigenvalue weighted by Crippen LogP contribution is 2.24. The van der Waals surface area contributed by atoms with E-state index in [2.05, 4.69) is 66.5 Å². The van der Waals surface area contributed by atoms with Gasteiger partial charge in [0.2, 0.25) is 0 Å². The van der Waals surface area contributed by atoms with Crippen molar-refractivity contribution >= 4 is 44.7 Å². The summed E-state index contributed by atoms with van der Waals surface area (Å²) in [5, 5.41) is 13.8. The van der Waals surface area contributed by atoms with Gasteiger partial charge >= 0.3 is 0 Å². The summed E-state index contributed by atoms with van der Waals surface area (Å²) < 4.78 is 2.86. The SMILES string of the molecule is O=c1[nH]c(CSc2nnc(Cc3cccs3)n2CCc2ccccc2)nc2ccsc12. The van der Waals surface area contributed by atoms with Crippen LogP contribution in [0, 0.1) is 0 Å². The lowest BCUT2D eigenvalue weighted by Gasteiger charge is -2.10. The molecule has 0 aliphatic carbocycles. The van der Waals surface area contributed by atoms with E-state index in [9.17, 15) is 4.79 Å². The maximum atomic E-state index is 12.3. The van der Waals surface area contributed by atoms with Crippen molar-refractivity contribution in [2.75, 3.05) is 0 Å². The van der Waals surface area contributed by atoms with Gasteiger partial charge in [-0.3, -0.25) is 4.79 Å². The maximum absolute atomic E-state index is 12.3. The number of benzene rings is 1. The molecule has 1 aromatic carbocycles. The normalized spacial score (nSPS) is 11.4. The Kier molecular flexibility index (Phi) is 5.97. The second-order valence-corrected chi connectivity index (χ2v) is 9.87. The Morgan fingerprint density at radius 2 is 1.90 bits per heavy atom. The largest absolute Gasteiger partial charge is 0.309 e. The van der Waals surface area contributed by atoms with Crippen molar-refractivity contribution in [2.24, 2.45) is 0 Å². The molecule has 0 aliphatic heterocycles. The van der Waals surface area contributed by atoms with Crippen LogP contribution in [0.15, 0.2) is 69.2 Å². The lowest BCUT2D eigenvalue weighted by Crippen LogP contribution is -2.10. The zero-order valence-corrected chi connectivity index (χ0v) is 19.0. The van der Waals surface area contributed by atoms with Gasteiger partial charge in [0.05, 0.1) is 11.3 Å². The molecule has 0 amide bonds. The lowest BCUT2D eigenvalue weighted by molar-refractivity contribution is 0.610. The van der Waals surface area contributed by atoms with E-state index in [1.165, 1.54) is 21.8 Å². The predicted molar refractivity (Wildman–Crippen MR) is 127 cm³/mol. The molecule has 9 heteroatoms. The summed E-state index contributed by atoms with van der Waals surface area (Å²) in [6.07, 6.45) is 1.66. The number of hydrogen-bond donors (Lipinski definition) is 1. The minimum atomic E-state index is -0.0838. The Balaban J connectivity index is 1.38. The average molecular weight is 466 g/mol. The van der Waals surface area contributed by atoms with Gasteiger partial charge in [-0.15, -0.1) is 32.9 Å². The molecule has 5 rings (SSSR count). The number of aromatic amines is 1. The van der Waals surface area contributed by atoms with E-state index in [-0.39, 0.29) is 5.56 Å². The van der Waals surface area contributed by atoms with Crippen LogP contribution >= 0.6 is 34.4 Å². The van der Waals surface area contributed by atoms with Crippen molar-refractivity contribution in [2.45, 2.75) is 30.3 Å². The van der Waals surface area contributed by atoms with Gasteiger partial charge in [0.25, 0.3) is 5.56 Å². The van der Waals surface area contributed by atoms with E-state index in [4.69, 9.17) is 0 Å². The fourth-order valence-electron chi connectivity index (χ4n) is 3.36. The first-order chi connectivity index (χ1) is 15.3. The van der Waals surface area contributed by atoms with Crippen molar-refractivity contribution in [1.29, 1.82) is 0 Å². The zero-order valence-electron chi connectivity index (χ0n) is 16.5. The second kappa shape index (κ2) is 9.17. The van der Waals surface area contributed by atoms with Gasteiger partial charge in [-0.05, 0) is 34.9 Å². The van der Waals surface area contributed by atoms with Gasteiger partial charge in [-0.25, -0.2) is 4.98 Å². The maximum Gasteiger partial charge on any atom is 0.268 e. The topological polar surface area (TPSA) is 76.5 Å². The third-order valence-corrected chi connectivity index (χ3v) is 7.63. The number of aromatic nitrogens is 5. The molecular formula is C22H19N5OS3. The zero-order chi connectivity index (χ0) is 21.0. The average Bonchev–Trinajstić information content (AvgIpc) is 3.54. The highest BCUT2D eigenvalue weighted by atomic mass is 32.2. The Bertz CT molecular complexity index is 1340. The van der Waals surface area contributed by atoms with E-state index in [0.29, 0.717) is 16.3 Å². The number of aryl methyl sites for hydroxylation is 1. The van der Waals surface area contributed by atoms with Crippen LogP contribution < -0.4 is 5.56 Å². The van der Waals surface area contributed by atoms with Crippen LogP contribution in [0.4, 0.5) is 0 Å². The Hall–Kier alpha value is -2.75. The quantitative estimate of drug-likeness (QED) is 0.334. The summed E-state index contributed by atoms with van der Waals surface area (Å²) in [6.45, 7) is 0.799. The molecule has 0 aliphatic rings. The van der Waals surface area contributed by atoms with Crippen LogP contribution in [0.1, 0.15) is 22.1 Å². The molecule has 4 aromatic heterocycles. The van der Waals surface area contributed by atoms with Gasteiger partial charge < -0.3 is 9.55 Å². The molecule has 0 radical (unpaired) electrons. The first-order valence-electron chi connectivity index (χ1n) is 9.84. The first kappa shape index (κ1) is 20.2. The standard InChI is InChI=1S/C22H19N5OS3/c28-21-20-17(9-12-30-20)23-18(24-21)14-31-22-26-25-19(13-16-7-4-11-29-16)27(22)10-8-15-5-2-1-3-6-15/h1-7,9,11-12H,8,10,13-14H2,(H,23,24,28). The number of nitrogens with zero attached hydrogens (tertiary/aromatic N) is 4. The molecule has 5 aromatic rings. The summed E-state index contributed by atoms with van der Waals surface area (Å²) in [6, 6.07) is 16.5. The number of thioether (sulfide) groups is 1. The van der Waals surface area contributed by atoms with Crippen LogP contribution in [0.25, 0.3) is 10.2 Å². The first-order valence-corrected chi connectivity index (χ1v) is 12.6. The molecule has 0 bridgehead atoms.